The molecule has 0 fully saturated rings. The van der Waals surface area contributed by atoms with Crippen LogP contribution in [-0.4, -0.2) is 25.0 Å². The van der Waals surface area contributed by atoms with E-state index in [0.717, 1.165) is 12.1 Å². The predicted octanol–water partition coefficient (Wildman–Crippen LogP) is 3.67. The van der Waals surface area contributed by atoms with Gasteiger partial charge in [0.05, 0.1) is 11.3 Å². The lowest BCUT2D eigenvalue weighted by molar-refractivity contribution is -0.137. The Bertz CT molecular complexity index is 866. The molecule has 0 saturated heterocycles. The number of hydrogen-bond acceptors (Lipinski definition) is 4. The third-order valence-corrected chi connectivity index (χ3v) is 3.40. The normalized spacial score (nSPS) is 11.7. The number of aryl methyl sites for hydroxylation is 1. The van der Waals surface area contributed by atoms with E-state index in [4.69, 9.17) is 0 Å². The van der Waals surface area contributed by atoms with Crippen LogP contribution in [0.25, 0.3) is 17.1 Å². The van der Waals surface area contributed by atoms with Crippen molar-refractivity contribution in [2.45, 2.75) is 13.1 Å². The average Bonchev–Trinajstić information content (AvgIpc) is 2.88. The van der Waals surface area contributed by atoms with Crippen molar-refractivity contribution in [1.82, 2.24) is 14.8 Å². The molecule has 0 aliphatic rings. The fourth-order valence-electron chi connectivity index (χ4n) is 2.31. The maximum absolute atomic E-state index is 12.7. The standard InChI is InChI=1S/C16H12F3N3O2/c1-9-20-15(14-12(23)3-2-4-13(14)24)22(21-9)11-7-5-10(6-8-11)16(17,18)19/h2-8,23-24H,1H3. The highest BCUT2D eigenvalue weighted by molar-refractivity contribution is 5.72. The molecule has 0 atom stereocenters. The van der Waals surface area contributed by atoms with Crippen molar-refractivity contribution >= 4 is 0 Å². The molecule has 1 aromatic heterocycles. The van der Waals surface area contributed by atoms with Gasteiger partial charge in [0.2, 0.25) is 0 Å². The van der Waals surface area contributed by atoms with Gasteiger partial charge in [0.1, 0.15) is 22.9 Å². The zero-order valence-electron chi connectivity index (χ0n) is 12.4. The Morgan fingerprint density at radius 2 is 1.54 bits per heavy atom. The number of rotatable bonds is 2. The second kappa shape index (κ2) is 5.55. The number of benzene rings is 2. The number of aromatic hydroxyl groups is 2. The first-order valence-corrected chi connectivity index (χ1v) is 6.90. The van der Waals surface area contributed by atoms with Crippen LogP contribution in [0.15, 0.2) is 42.5 Å². The first-order valence-electron chi connectivity index (χ1n) is 6.90. The Labute approximate surface area is 134 Å². The largest absolute Gasteiger partial charge is 0.507 e. The van der Waals surface area contributed by atoms with Gasteiger partial charge in [-0.1, -0.05) is 6.07 Å². The summed E-state index contributed by atoms with van der Waals surface area (Å²) in [6.07, 6.45) is -4.43. The molecule has 0 unspecified atom stereocenters. The summed E-state index contributed by atoms with van der Waals surface area (Å²) in [4.78, 5) is 4.16. The van der Waals surface area contributed by atoms with Crippen LogP contribution in [0.1, 0.15) is 11.4 Å². The lowest BCUT2D eigenvalue weighted by atomic mass is 10.1. The minimum atomic E-state index is -4.43. The molecule has 0 aliphatic carbocycles. The summed E-state index contributed by atoms with van der Waals surface area (Å²) in [7, 11) is 0. The summed E-state index contributed by atoms with van der Waals surface area (Å²) in [6, 6.07) is 8.56. The first-order chi connectivity index (χ1) is 11.3. The van der Waals surface area contributed by atoms with E-state index in [0.29, 0.717) is 11.5 Å². The first kappa shape index (κ1) is 15.9. The Kier molecular flexibility index (Phi) is 3.67. The number of nitrogens with zero attached hydrogens (tertiary/aromatic N) is 3. The van der Waals surface area contributed by atoms with Gasteiger partial charge in [-0.05, 0) is 43.3 Å². The summed E-state index contributed by atoms with van der Waals surface area (Å²) in [6.45, 7) is 1.60. The van der Waals surface area contributed by atoms with Gasteiger partial charge in [-0.25, -0.2) is 9.67 Å². The zero-order chi connectivity index (χ0) is 17.5. The lowest BCUT2D eigenvalue weighted by Crippen LogP contribution is -2.06. The third-order valence-electron chi connectivity index (χ3n) is 3.40. The number of aromatic nitrogens is 3. The Morgan fingerprint density at radius 3 is 2.08 bits per heavy atom. The molecular weight excluding hydrogens is 323 g/mol. The Hall–Kier alpha value is -3.03. The van der Waals surface area contributed by atoms with Crippen molar-refractivity contribution in [2.24, 2.45) is 0 Å². The van der Waals surface area contributed by atoms with Crippen LogP contribution in [0.5, 0.6) is 11.5 Å². The molecule has 0 spiro atoms. The van der Waals surface area contributed by atoms with Crippen LogP contribution < -0.4 is 0 Å². The van der Waals surface area contributed by atoms with Crippen molar-refractivity contribution < 1.29 is 23.4 Å². The molecule has 124 valence electrons. The van der Waals surface area contributed by atoms with Gasteiger partial charge >= 0.3 is 6.18 Å². The quantitative estimate of drug-likeness (QED) is 0.749. The van der Waals surface area contributed by atoms with Crippen LogP contribution in [-0.2, 0) is 6.18 Å². The van der Waals surface area contributed by atoms with E-state index in [-0.39, 0.29) is 22.9 Å². The summed E-state index contributed by atoms with van der Waals surface area (Å²) in [5, 5.41) is 24.1. The highest BCUT2D eigenvalue weighted by Gasteiger charge is 2.30. The Balaban J connectivity index is 2.14. The van der Waals surface area contributed by atoms with Gasteiger partial charge < -0.3 is 10.2 Å². The molecule has 1 heterocycles. The van der Waals surface area contributed by atoms with Crippen molar-refractivity contribution in [1.29, 1.82) is 0 Å². The predicted molar refractivity (Wildman–Crippen MR) is 79.9 cm³/mol. The van der Waals surface area contributed by atoms with E-state index in [1.165, 1.54) is 35.0 Å². The van der Waals surface area contributed by atoms with Crippen molar-refractivity contribution in [3.05, 3.63) is 53.9 Å². The molecule has 0 aliphatic heterocycles. The average molecular weight is 335 g/mol. The fourth-order valence-corrected chi connectivity index (χ4v) is 2.31. The summed E-state index contributed by atoms with van der Waals surface area (Å²) in [5.41, 5.74) is -0.408. The molecule has 3 aromatic rings. The van der Waals surface area contributed by atoms with Crippen molar-refractivity contribution in [3.8, 4) is 28.6 Å². The minimum Gasteiger partial charge on any atom is -0.507 e. The van der Waals surface area contributed by atoms with Crippen LogP contribution in [0.3, 0.4) is 0 Å². The third kappa shape index (κ3) is 2.78. The van der Waals surface area contributed by atoms with Gasteiger partial charge in [0.15, 0.2) is 5.82 Å². The fraction of sp³-hybridized carbons (Fsp3) is 0.125. The van der Waals surface area contributed by atoms with Crippen molar-refractivity contribution in [2.75, 3.05) is 0 Å². The number of halogens is 3. The van der Waals surface area contributed by atoms with Crippen LogP contribution in [0.4, 0.5) is 13.2 Å². The smallest absolute Gasteiger partial charge is 0.416 e. The molecule has 0 amide bonds. The van der Waals surface area contributed by atoms with E-state index in [2.05, 4.69) is 10.1 Å². The molecule has 0 bridgehead atoms. The Morgan fingerprint density at radius 1 is 0.958 bits per heavy atom. The number of phenolic OH excluding ortho intramolecular Hbond substituents is 2. The molecule has 24 heavy (non-hydrogen) atoms. The maximum atomic E-state index is 12.7. The highest BCUT2D eigenvalue weighted by atomic mass is 19.4. The minimum absolute atomic E-state index is 0.0537. The second-order valence-corrected chi connectivity index (χ2v) is 5.11. The molecule has 2 N–H and O–H groups in total. The number of phenols is 2. The van der Waals surface area contributed by atoms with Crippen LogP contribution >= 0.6 is 0 Å². The van der Waals surface area contributed by atoms with Gasteiger partial charge in [0, 0.05) is 0 Å². The van der Waals surface area contributed by atoms with Crippen LogP contribution in [0, 0.1) is 6.92 Å². The number of hydrogen-bond donors (Lipinski definition) is 2. The van der Waals surface area contributed by atoms with E-state index in [9.17, 15) is 23.4 Å². The van der Waals surface area contributed by atoms with E-state index in [1.807, 2.05) is 0 Å². The summed E-state index contributed by atoms with van der Waals surface area (Å²) >= 11 is 0. The topological polar surface area (TPSA) is 71.2 Å². The molecule has 2 aromatic carbocycles. The van der Waals surface area contributed by atoms with Gasteiger partial charge in [-0.15, -0.1) is 0 Å². The second-order valence-electron chi connectivity index (χ2n) is 5.11. The van der Waals surface area contributed by atoms with E-state index >= 15 is 0 Å². The maximum Gasteiger partial charge on any atom is 0.416 e. The van der Waals surface area contributed by atoms with E-state index < -0.39 is 11.7 Å². The summed E-state index contributed by atoms with van der Waals surface area (Å²) in [5.74, 6) is 0.0431. The van der Waals surface area contributed by atoms with Crippen LogP contribution in [0.2, 0.25) is 0 Å². The molecule has 0 saturated carbocycles. The molecular formula is C16H12F3N3O2. The summed E-state index contributed by atoms with van der Waals surface area (Å²) < 4.78 is 39.3. The van der Waals surface area contributed by atoms with Gasteiger partial charge in [-0.3, -0.25) is 0 Å². The molecule has 3 rings (SSSR count). The molecule has 0 radical (unpaired) electrons. The SMILES string of the molecule is Cc1nc(-c2c(O)cccc2O)n(-c2ccc(C(F)(F)F)cc2)n1. The molecule has 5 nitrogen and oxygen atoms in total. The number of alkyl halides is 3. The zero-order valence-corrected chi connectivity index (χ0v) is 12.4. The highest BCUT2D eigenvalue weighted by Crippen LogP contribution is 2.37. The van der Waals surface area contributed by atoms with Gasteiger partial charge in [-0.2, -0.15) is 18.3 Å². The van der Waals surface area contributed by atoms with Gasteiger partial charge in [0.25, 0.3) is 0 Å². The van der Waals surface area contributed by atoms with E-state index in [1.54, 1.807) is 6.92 Å². The molecule has 8 heteroatoms. The monoisotopic (exact) mass is 335 g/mol. The lowest BCUT2D eigenvalue weighted by Gasteiger charge is -2.10. The van der Waals surface area contributed by atoms with Crippen molar-refractivity contribution in [3.63, 3.8) is 0 Å².